The fourth-order valence-electron chi connectivity index (χ4n) is 2.92. The van der Waals surface area contributed by atoms with Crippen molar-refractivity contribution in [3.63, 3.8) is 0 Å². The minimum Gasteiger partial charge on any atom is -0.350 e. The second kappa shape index (κ2) is 7.42. The number of aromatic amines is 1. The number of anilines is 1. The van der Waals surface area contributed by atoms with Crippen LogP contribution in [0.15, 0.2) is 48.5 Å². The lowest BCUT2D eigenvalue weighted by Gasteiger charge is -2.20. The predicted octanol–water partition coefficient (Wildman–Crippen LogP) is 4.32. The number of aromatic nitrogens is 1. The number of nitrogens with zero attached hydrogens (tertiary/aromatic N) is 2. The van der Waals surface area contributed by atoms with Crippen LogP contribution in [0.25, 0.3) is 10.9 Å². The van der Waals surface area contributed by atoms with Crippen LogP contribution in [0.1, 0.15) is 29.4 Å². The summed E-state index contributed by atoms with van der Waals surface area (Å²) in [7, 11) is 0. The molecule has 0 unspecified atom stereocenters. The molecule has 0 fully saturated rings. The second-order valence-corrected chi connectivity index (χ2v) is 6.25. The third-order valence-corrected chi connectivity index (χ3v) is 4.33. The van der Waals surface area contributed by atoms with Gasteiger partial charge in [0, 0.05) is 35.0 Å². The third-order valence-electron chi connectivity index (χ3n) is 4.09. The van der Waals surface area contributed by atoms with Crippen molar-refractivity contribution in [2.75, 3.05) is 11.4 Å². The molecule has 26 heavy (non-hydrogen) atoms. The topological polar surface area (TPSA) is 77.0 Å². The van der Waals surface area contributed by atoms with Gasteiger partial charge >= 0.3 is 0 Å². The Labute approximate surface area is 155 Å². The number of hydrogen-bond donors (Lipinski definition) is 1. The summed E-state index contributed by atoms with van der Waals surface area (Å²) in [5.74, 6) is -0.464. The predicted molar refractivity (Wildman–Crippen MR) is 101 cm³/mol. The highest BCUT2D eigenvalue weighted by molar-refractivity contribution is 6.31. The lowest BCUT2D eigenvalue weighted by molar-refractivity contribution is -0.116. The second-order valence-electron chi connectivity index (χ2n) is 5.81. The summed E-state index contributed by atoms with van der Waals surface area (Å²) in [6, 6.07) is 16.1. The van der Waals surface area contributed by atoms with Crippen molar-refractivity contribution in [1.82, 2.24) is 4.98 Å². The maximum atomic E-state index is 13.1. The van der Waals surface area contributed by atoms with Crippen molar-refractivity contribution >= 4 is 39.9 Å². The van der Waals surface area contributed by atoms with Crippen LogP contribution in [0.3, 0.4) is 0 Å². The number of halogens is 1. The lowest BCUT2D eigenvalue weighted by Crippen LogP contribution is -2.30. The van der Waals surface area contributed by atoms with E-state index in [-0.39, 0.29) is 24.7 Å². The minimum absolute atomic E-state index is 0.165. The van der Waals surface area contributed by atoms with Crippen molar-refractivity contribution in [2.24, 2.45) is 0 Å². The maximum absolute atomic E-state index is 13.1. The highest BCUT2D eigenvalue weighted by Crippen LogP contribution is 2.34. The van der Waals surface area contributed by atoms with E-state index >= 15 is 0 Å². The van der Waals surface area contributed by atoms with E-state index in [9.17, 15) is 9.59 Å². The molecule has 0 aliphatic heterocycles. The van der Waals surface area contributed by atoms with E-state index in [2.05, 4.69) is 4.98 Å². The van der Waals surface area contributed by atoms with Crippen LogP contribution in [0.4, 0.5) is 5.69 Å². The van der Waals surface area contributed by atoms with Gasteiger partial charge in [0.15, 0.2) is 0 Å². The summed E-state index contributed by atoms with van der Waals surface area (Å²) in [6.45, 7) is 1.62. The van der Waals surface area contributed by atoms with Gasteiger partial charge in [0.25, 0.3) is 0 Å². The van der Waals surface area contributed by atoms with Gasteiger partial charge in [-0.05, 0) is 18.2 Å². The summed E-state index contributed by atoms with van der Waals surface area (Å²) < 4.78 is 0. The number of nitriles is 1. The summed E-state index contributed by atoms with van der Waals surface area (Å²) >= 11 is 6.07. The summed E-state index contributed by atoms with van der Waals surface area (Å²) in [4.78, 5) is 29.9. The van der Waals surface area contributed by atoms with E-state index in [1.54, 1.807) is 42.5 Å². The largest absolute Gasteiger partial charge is 0.350 e. The minimum atomic E-state index is -0.238. The van der Waals surface area contributed by atoms with Gasteiger partial charge in [0.05, 0.1) is 18.2 Å². The lowest BCUT2D eigenvalue weighted by atomic mass is 10.1. The molecular weight excluding hydrogens is 350 g/mol. The van der Waals surface area contributed by atoms with Gasteiger partial charge in [-0.25, -0.2) is 0 Å². The van der Waals surface area contributed by atoms with Crippen LogP contribution in [0, 0.1) is 11.3 Å². The Bertz CT molecular complexity index is 1020. The van der Waals surface area contributed by atoms with E-state index < -0.39 is 0 Å². The van der Waals surface area contributed by atoms with Crippen molar-refractivity contribution < 1.29 is 9.59 Å². The molecule has 5 nitrogen and oxygen atoms in total. The molecule has 6 heteroatoms. The van der Waals surface area contributed by atoms with Gasteiger partial charge in [-0.15, -0.1) is 0 Å². The van der Waals surface area contributed by atoms with E-state index in [4.69, 9.17) is 16.9 Å². The maximum Gasteiger partial charge on any atom is 0.223 e. The molecule has 0 saturated heterocycles. The summed E-state index contributed by atoms with van der Waals surface area (Å²) in [5.41, 5.74) is 1.96. The Kier molecular flexibility index (Phi) is 5.06. The number of ketones is 1. The molecule has 1 amide bonds. The highest BCUT2D eigenvalue weighted by Gasteiger charge is 2.25. The zero-order valence-electron chi connectivity index (χ0n) is 14.1. The van der Waals surface area contributed by atoms with Crippen LogP contribution in [-0.2, 0) is 4.79 Å². The van der Waals surface area contributed by atoms with Gasteiger partial charge in [0.2, 0.25) is 11.7 Å². The first-order valence-corrected chi connectivity index (χ1v) is 8.46. The Hall–Kier alpha value is -3.10. The van der Waals surface area contributed by atoms with Gasteiger partial charge in [-0.2, -0.15) is 5.26 Å². The van der Waals surface area contributed by atoms with Gasteiger partial charge in [-0.3, -0.25) is 9.59 Å². The Morgan fingerprint density at radius 2 is 1.92 bits per heavy atom. The first-order chi connectivity index (χ1) is 12.5. The van der Waals surface area contributed by atoms with E-state index in [1.807, 2.05) is 12.1 Å². The average Bonchev–Trinajstić information content (AvgIpc) is 3.00. The molecular formula is C20H16ClN3O2. The highest BCUT2D eigenvalue weighted by atomic mass is 35.5. The number of rotatable bonds is 5. The molecule has 2 aromatic carbocycles. The first-order valence-electron chi connectivity index (χ1n) is 8.09. The van der Waals surface area contributed by atoms with Crippen molar-refractivity contribution in [3.8, 4) is 6.07 Å². The van der Waals surface area contributed by atoms with Crippen LogP contribution < -0.4 is 4.90 Å². The SMILES string of the molecule is CC(=O)N(CCC#N)c1c(C(=O)c2ccccc2)[nH]c2cc(Cl)ccc12. The smallest absolute Gasteiger partial charge is 0.223 e. The van der Waals surface area contributed by atoms with E-state index in [0.29, 0.717) is 32.9 Å². The molecule has 0 spiro atoms. The van der Waals surface area contributed by atoms with Crippen molar-refractivity contribution in [1.29, 1.82) is 5.26 Å². The number of amides is 1. The number of benzene rings is 2. The van der Waals surface area contributed by atoms with Crippen LogP contribution >= 0.6 is 11.6 Å². The number of carbonyl (C=O) groups excluding carboxylic acids is 2. The summed E-state index contributed by atoms with van der Waals surface area (Å²) in [6.07, 6.45) is 0.165. The molecule has 3 rings (SSSR count). The average molecular weight is 366 g/mol. The van der Waals surface area contributed by atoms with Crippen LogP contribution in [0.5, 0.6) is 0 Å². The van der Waals surface area contributed by atoms with Crippen molar-refractivity contribution in [2.45, 2.75) is 13.3 Å². The van der Waals surface area contributed by atoms with Crippen LogP contribution in [-0.4, -0.2) is 23.2 Å². The molecule has 0 bridgehead atoms. The summed E-state index contributed by atoms with van der Waals surface area (Å²) in [5, 5.41) is 10.2. The Balaban J connectivity index is 2.23. The van der Waals surface area contributed by atoms with Gasteiger partial charge in [0.1, 0.15) is 5.69 Å². The molecule has 3 aromatic rings. The fraction of sp³-hybridized carbons (Fsp3) is 0.150. The fourth-order valence-corrected chi connectivity index (χ4v) is 3.09. The number of nitrogens with one attached hydrogen (secondary N) is 1. The standard InChI is InChI=1S/C20H16ClN3O2/c1-13(25)24(11-5-10-22)19-16-9-8-15(21)12-17(16)23-18(19)20(26)14-6-3-2-4-7-14/h2-4,6-9,12,23H,5,11H2,1H3. The zero-order valence-corrected chi connectivity index (χ0v) is 14.9. The molecule has 1 aromatic heterocycles. The first kappa shape index (κ1) is 17.7. The number of hydrogen-bond acceptors (Lipinski definition) is 3. The molecule has 0 aliphatic carbocycles. The Morgan fingerprint density at radius 3 is 2.58 bits per heavy atom. The van der Waals surface area contributed by atoms with Crippen LogP contribution in [0.2, 0.25) is 5.02 Å². The number of carbonyl (C=O) groups is 2. The van der Waals surface area contributed by atoms with Gasteiger partial charge in [-0.1, -0.05) is 41.9 Å². The number of fused-ring (bicyclic) bond motifs is 1. The van der Waals surface area contributed by atoms with Crippen molar-refractivity contribution in [3.05, 3.63) is 64.8 Å². The van der Waals surface area contributed by atoms with Gasteiger partial charge < -0.3 is 9.88 Å². The zero-order chi connectivity index (χ0) is 18.7. The molecule has 0 radical (unpaired) electrons. The number of H-pyrrole nitrogens is 1. The normalized spacial score (nSPS) is 10.5. The van der Waals surface area contributed by atoms with E-state index in [0.717, 1.165) is 0 Å². The Morgan fingerprint density at radius 1 is 1.19 bits per heavy atom. The monoisotopic (exact) mass is 365 g/mol. The molecule has 0 atom stereocenters. The molecule has 1 heterocycles. The molecule has 1 N–H and O–H groups in total. The quantitative estimate of drug-likeness (QED) is 0.684. The molecule has 0 aliphatic rings. The third kappa shape index (κ3) is 3.32. The molecule has 130 valence electrons. The molecule has 0 saturated carbocycles. The van der Waals surface area contributed by atoms with E-state index in [1.165, 1.54) is 11.8 Å².